The van der Waals surface area contributed by atoms with Crippen molar-refractivity contribution in [3.63, 3.8) is 0 Å². The summed E-state index contributed by atoms with van der Waals surface area (Å²) in [5, 5.41) is 0. The number of benzene rings is 4. The summed E-state index contributed by atoms with van der Waals surface area (Å²) in [4.78, 5) is 25.1. The molecule has 4 aromatic rings. The van der Waals surface area contributed by atoms with Crippen LogP contribution in [0.4, 0.5) is 0 Å². The first-order valence-electron chi connectivity index (χ1n) is 25.0. The minimum atomic E-state index is -0.509. The third kappa shape index (κ3) is 10.7. The molecule has 0 aliphatic heterocycles. The number of carbonyl (C=O) groups excluding carboxylic acids is 2. The zero-order chi connectivity index (χ0) is 42.0. The quantitative estimate of drug-likeness (QED) is 0.106. The molecule has 0 amide bonds. The molecule has 4 saturated carbocycles. The SMILES string of the molecule is CCCC1CCC(C2CCC(c3ccc(C(OC(c4ccc(C5CCC(C6CCC(CCC)CC6)CC5)cc4)c4ccccc4C=O)c4ccccc4C=O)cc3)CC2)CC1. The first-order chi connectivity index (χ1) is 30.0. The van der Waals surface area contributed by atoms with Crippen LogP contribution in [0.5, 0.6) is 0 Å². The summed E-state index contributed by atoms with van der Waals surface area (Å²) in [6.07, 6.45) is 28.5. The van der Waals surface area contributed by atoms with Crippen molar-refractivity contribution in [1.29, 1.82) is 0 Å². The van der Waals surface area contributed by atoms with Crippen LogP contribution in [0.1, 0.15) is 220 Å². The monoisotopic (exact) mass is 819 g/mol. The lowest BCUT2D eigenvalue weighted by Gasteiger charge is -2.38. The molecule has 8 rings (SSSR count). The van der Waals surface area contributed by atoms with Crippen molar-refractivity contribution in [2.24, 2.45) is 35.5 Å². The molecule has 0 saturated heterocycles. The van der Waals surface area contributed by atoms with Gasteiger partial charge in [0.1, 0.15) is 24.8 Å². The van der Waals surface area contributed by atoms with Gasteiger partial charge in [-0.1, -0.05) is 162 Å². The van der Waals surface area contributed by atoms with E-state index in [0.29, 0.717) is 23.0 Å². The normalized spacial score (nSPS) is 28.1. The molecule has 0 aromatic heterocycles. The van der Waals surface area contributed by atoms with Crippen LogP contribution in [0.3, 0.4) is 0 Å². The molecule has 3 heteroatoms. The van der Waals surface area contributed by atoms with Crippen LogP contribution in [-0.2, 0) is 4.74 Å². The van der Waals surface area contributed by atoms with Crippen molar-refractivity contribution in [2.75, 3.05) is 0 Å². The molecule has 0 N–H and O–H groups in total. The van der Waals surface area contributed by atoms with Crippen molar-refractivity contribution in [1.82, 2.24) is 0 Å². The smallest absolute Gasteiger partial charge is 0.150 e. The summed E-state index contributed by atoms with van der Waals surface area (Å²) < 4.78 is 7.34. The number of rotatable bonds is 16. The van der Waals surface area contributed by atoms with Crippen molar-refractivity contribution < 1.29 is 14.3 Å². The van der Waals surface area contributed by atoms with Gasteiger partial charge in [-0.15, -0.1) is 0 Å². The zero-order valence-electron chi connectivity index (χ0n) is 37.5. The standard InChI is InChI=1S/C58H74O3/c1-3-9-41-15-19-43(20-16-41)45-23-27-47(28-24-45)49-31-35-51(36-32-49)57(55-13-7-5-11-53(55)39-59)61-58(56-14-8-6-12-54(56)40-60)52-37-33-50(34-38-52)48-29-25-46(26-30-48)44-21-17-42(10-4-2)18-22-44/h5-8,11-14,31-48,57-58H,3-4,9-10,15-30H2,1-2H3. The van der Waals surface area contributed by atoms with Crippen molar-refractivity contribution in [3.8, 4) is 0 Å². The Hall–Kier alpha value is -3.82. The van der Waals surface area contributed by atoms with Gasteiger partial charge in [0.05, 0.1) is 0 Å². The number of ether oxygens (including phenoxy) is 1. The van der Waals surface area contributed by atoms with Crippen molar-refractivity contribution in [2.45, 2.75) is 166 Å². The van der Waals surface area contributed by atoms with Crippen molar-refractivity contribution >= 4 is 12.6 Å². The molecule has 324 valence electrons. The highest BCUT2D eigenvalue weighted by molar-refractivity contribution is 5.78. The predicted molar refractivity (Wildman–Crippen MR) is 251 cm³/mol. The van der Waals surface area contributed by atoms with Gasteiger partial charge >= 0.3 is 0 Å². The molecular weight excluding hydrogens is 745 g/mol. The Morgan fingerprint density at radius 1 is 0.443 bits per heavy atom. The van der Waals surface area contributed by atoms with E-state index in [4.69, 9.17) is 4.74 Å². The fraction of sp³-hybridized carbons (Fsp3) is 0.552. The molecule has 2 atom stereocenters. The molecule has 2 unspecified atom stereocenters. The number of hydrogen-bond acceptors (Lipinski definition) is 3. The van der Waals surface area contributed by atoms with E-state index in [1.54, 1.807) is 0 Å². The highest BCUT2D eigenvalue weighted by Gasteiger charge is 2.34. The molecule has 0 bridgehead atoms. The van der Waals surface area contributed by atoms with Crippen molar-refractivity contribution in [3.05, 3.63) is 142 Å². The second kappa shape index (κ2) is 21.5. The van der Waals surface area contributed by atoms with Gasteiger partial charge in [0.15, 0.2) is 0 Å². The summed E-state index contributed by atoms with van der Waals surface area (Å²) in [7, 11) is 0. The van der Waals surface area contributed by atoms with E-state index in [-0.39, 0.29) is 0 Å². The molecule has 4 aliphatic rings. The lowest BCUT2D eigenvalue weighted by molar-refractivity contribution is 0.0301. The lowest BCUT2D eigenvalue weighted by atomic mass is 9.68. The zero-order valence-corrected chi connectivity index (χ0v) is 37.5. The van der Waals surface area contributed by atoms with Crippen LogP contribution in [0.2, 0.25) is 0 Å². The average molecular weight is 819 g/mol. The van der Waals surface area contributed by atoms with Crippen LogP contribution in [0.25, 0.3) is 0 Å². The maximum atomic E-state index is 12.6. The van der Waals surface area contributed by atoms with Crippen LogP contribution in [-0.4, -0.2) is 12.6 Å². The van der Waals surface area contributed by atoms with E-state index >= 15 is 0 Å². The van der Waals surface area contributed by atoms with E-state index in [2.05, 4.69) is 62.4 Å². The van der Waals surface area contributed by atoms with E-state index < -0.39 is 12.2 Å². The maximum absolute atomic E-state index is 12.6. The van der Waals surface area contributed by atoms with E-state index in [1.807, 2.05) is 48.5 Å². The third-order valence-corrected chi connectivity index (χ3v) is 16.6. The van der Waals surface area contributed by atoms with Crippen LogP contribution in [0, 0.1) is 35.5 Å². The molecule has 0 spiro atoms. The van der Waals surface area contributed by atoms with E-state index in [9.17, 15) is 9.59 Å². The Labute approximate surface area is 368 Å². The van der Waals surface area contributed by atoms with Gasteiger partial charge < -0.3 is 4.74 Å². The van der Waals surface area contributed by atoms with Gasteiger partial charge in [0, 0.05) is 11.1 Å². The minimum absolute atomic E-state index is 0.509. The number of carbonyl (C=O) groups is 2. The fourth-order valence-corrected chi connectivity index (χ4v) is 13.0. The summed E-state index contributed by atoms with van der Waals surface area (Å²) in [5.74, 6) is 6.80. The van der Waals surface area contributed by atoms with E-state index in [0.717, 1.165) is 70.3 Å². The molecule has 4 fully saturated rings. The molecule has 0 heterocycles. The van der Waals surface area contributed by atoms with Gasteiger partial charge in [-0.3, -0.25) is 9.59 Å². The summed E-state index contributed by atoms with van der Waals surface area (Å²) in [6, 6.07) is 33.9. The maximum Gasteiger partial charge on any atom is 0.150 e. The number of aldehydes is 2. The first-order valence-corrected chi connectivity index (χ1v) is 25.0. The lowest BCUT2D eigenvalue weighted by Crippen LogP contribution is -2.25. The summed E-state index contributed by atoms with van der Waals surface area (Å²) in [5.41, 5.74) is 7.83. The predicted octanol–water partition coefficient (Wildman–Crippen LogP) is 16.0. The van der Waals surface area contributed by atoms with Crippen LogP contribution >= 0.6 is 0 Å². The number of hydrogen-bond donors (Lipinski definition) is 0. The second-order valence-electron chi connectivity index (χ2n) is 20.1. The van der Waals surface area contributed by atoms with Crippen LogP contribution in [0.15, 0.2) is 97.1 Å². The van der Waals surface area contributed by atoms with Gasteiger partial charge in [0.25, 0.3) is 0 Å². The Morgan fingerprint density at radius 3 is 1.10 bits per heavy atom. The van der Waals surface area contributed by atoms with Crippen LogP contribution < -0.4 is 0 Å². The molecule has 4 aliphatic carbocycles. The van der Waals surface area contributed by atoms with Gasteiger partial charge in [-0.25, -0.2) is 0 Å². The highest BCUT2D eigenvalue weighted by atomic mass is 16.5. The molecular formula is C58H74O3. The molecule has 3 nitrogen and oxygen atoms in total. The Morgan fingerprint density at radius 2 is 0.770 bits per heavy atom. The molecule has 4 aromatic carbocycles. The van der Waals surface area contributed by atoms with Gasteiger partial charge in [-0.2, -0.15) is 0 Å². The van der Waals surface area contributed by atoms with Gasteiger partial charge in [-0.05, 0) is 158 Å². The summed E-state index contributed by atoms with van der Waals surface area (Å²) >= 11 is 0. The van der Waals surface area contributed by atoms with Gasteiger partial charge in [0.2, 0.25) is 0 Å². The Balaban J connectivity index is 0.991. The second-order valence-corrected chi connectivity index (χ2v) is 20.1. The third-order valence-electron chi connectivity index (χ3n) is 16.6. The summed E-state index contributed by atoms with van der Waals surface area (Å²) in [6.45, 7) is 4.68. The minimum Gasteiger partial charge on any atom is -0.356 e. The highest BCUT2D eigenvalue weighted by Crippen LogP contribution is 2.47. The molecule has 61 heavy (non-hydrogen) atoms. The average Bonchev–Trinajstić information content (AvgIpc) is 3.33. The first kappa shape index (κ1) is 43.8. The van der Waals surface area contributed by atoms with E-state index in [1.165, 1.54) is 140 Å². The Kier molecular flexibility index (Phi) is 15.4. The Bertz CT molecular complexity index is 1800. The largest absolute Gasteiger partial charge is 0.356 e. The topological polar surface area (TPSA) is 43.4 Å². The molecule has 0 radical (unpaired) electrons. The fourth-order valence-electron chi connectivity index (χ4n) is 13.0.